The molecule has 17 heavy (non-hydrogen) atoms. The van der Waals surface area contributed by atoms with Crippen molar-refractivity contribution < 1.29 is 19.0 Å². The fourth-order valence-electron chi connectivity index (χ4n) is 1.36. The summed E-state index contributed by atoms with van der Waals surface area (Å²) in [4.78, 5) is 11.4. The standard InChI is InChI=1S/C13H16O4/c1-4-16-5-6-17-12-8-10(2)7-11(9-12)13(14)15-3/h4,7-9H,1,5-6H2,2-3H3. The van der Waals surface area contributed by atoms with Crippen LogP contribution < -0.4 is 4.74 Å². The maximum atomic E-state index is 11.4. The van der Waals surface area contributed by atoms with Gasteiger partial charge in [0, 0.05) is 0 Å². The van der Waals surface area contributed by atoms with Crippen molar-refractivity contribution >= 4 is 5.97 Å². The van der Waals surface area contributed by atoms with Gasteiger partial charge in [0.1, 0.15) is 19.0 Å². The van der Waals surface area contributed by atoms with Crippen LogP contribution in [0.25, 0.3) is 0 Å². The van der Waals surface area contributed by atoms with Gasteiger partial charge in [-0.05, 0) is 30.7 Å². The number of hydrogen-bond donors (Lipinski definition) is 0. The van der Waals surface area contributed by atoms with Crippen LogP contribution in [-0.2, 0) is 9.47 Å². The van der Waals surface area contributed by atoms with E-state index in [0.29, 0.717) is 24.5 Å². The molecule has 0 unspecified atom stereocenters. The van der Waals surface area contributed by atoms with E-state index < -0.39 is 0 Å². The second kappa shape index (κ2) is 6.58. The Morgan fingerprint density at radius 2 is 2.12 bits per heavy atom. The van der Waals surface area contributed by atoms with Gasteiger partial charge in [-0.2, -0.15) is 0 Å². The SMILES string of the molecule is C=COCCOc1cc(C)cc(C(=O)OC)c1. The number of methoxy groups -OCH3 is 1. The Balaban J connectivity index is 2.68. The molecule has 0 radical (unpaired) electrons. The molecule has 0 aliphatic heterocycles. The number of carbonyl (C=O) groups excluding carboxylic acids is 1. The number of rotatable bonds is 6. The molecule has 0 spiro atoms. The highest BCUT2D eigenvalue weighted by Gasteiger charge is 2.07. The van der Waals surface area contributed by atoms with E-state index in [9.17, 15) is 4.79 Å². The summed E-state index contributed by atoms with van der Waals surface area (Å²) < 4.78 is 15.0. The minimum Gasteiger partial charge on any atom is -0.498 e. The zero-order valence-corrected chi connectivity index (χ0v) is 10.1. The van der Waals surface area contributed by atoms with Gasteiger partial charge >= 0.3 is 5.97 Å². The first kappa shape index (κ1) is 13.1. The number of aryl methyl sites for hydroxylation is 1. The van der Waals surface area contributed by atoms with Crippen molar-refractivity contribution in [3.8, 4) is 5.75 Å². The minimum atomic E-state index is -0.374. The third-order valence-electron chi connectivity index (χ3n) is 2.06. The van der Waals surface area contributed by atoms with Gasteiger partial charge in [-0.3, -0.25) is 0 Å². The molecular weight excluding hydrogens is 220 g/mol. The molecule has 0 aromatic heterocycles. The van der Waals surface area contributed by atoms with Crippen LogP contribution in [0.2, 0.25) is 0 Å². The van der Waals surface area contributed by atoms with E-state index in [1.807, 2.05) is 13.0 Å². The van der Waals surface area contributed by atoms with Crippen LogP contribution in [-0.4, -0.2) is 26.3 Å². The van der Waals surface area contributed by atoms with E-state index in [0.717, 1.165) is 5.56 Å². The van der Waals surface area contributed by atoms with Crippen molar-refractivity contribution in [2.45, 2.75) is 6.92 Å². The molecule has 0 aliphatic carbocycles. The number of ether oxygens (including phenoxy) is 3. The lowest BCUT2D eigenvalue weighted by molar-refractivity contribution is 0.0600. The van der Waals surface area contributed by atoms with E-state index in [4.69, 9.17) is 9.47 Å². The van der Waals surface area contributed by atoms with E-state index >= 15 is 0 Å². The lowest BCUT2D eigenvalue weighted by Gasteiger charge is -2.08. The monoisotopic (exact) mass is 236 g/mol. The van der Waals surface area contributed by atoms with E-state index in [1.165, 1.54) is 13.4 Å². The Labute approximate surface area is 101 Å². The molecular formula is C13H16O4. The van der Waals surface area contributed by atoms with Crippen LogP contribution in [0.5, 0.6) is 5.75 Å². The second-order valence-corrected chi connectivity index (χ2v) is 3.41. The summed E-state index contributed by atoms with van der Waals surface area (Å²) in [7, 11) is 1.35. The number of hydrogen-bond acceptors (Lipinski definition) is 4. The normalized spacial score (nSPS) is 9.53. The Kier molecular flexibility index (Phi) is 5.07. The molecule has 4 heteroatoms. The summed E-state index contributed by atoms with van der Waals surface area (Å²) in [5.74, 6) is 0.249. The smallest absolute Gasteiger partial charge is 0.337 e. The highest BCUT2D eigenvalue weighted by Crippen LogP contribution is 2.17. The van der Waals surface area contributed by atoms with Gasteiger partial charge in [0.2, 0.25) is 0 Å². The zero-order chi connectivity index (χ0) is 12.7. The summed E-state index contributed by atoms with van der Waals surface area (Å²) in [6.45, 7) is 6.14. The van der Waals surface area contributed by atoms with E-state index in [1.54, 1.807) is 12.1 Å². The van der Waals surface area contributed by atoms with Gasteiger partial charge in [-0.25, -0.2) is 4.79 Å². The molecule has 4 nitrogen and oxygen atoms in total. The average molecular weight is 236 g/mol. The summed E-state index contributed by atoms with van der Waals surface area (Å²) >= 11 is 0. The number of benzene rings is 1. The molecule has 92 valence electrons. The molecule has 1 aromatic rings. The van der Waals surface area contributed by atoms with Crippen LogP contribution in [0.3, 0.4) is 0 Å². The van der Waals surface area contributed by atoms with Crippen LogP contribution >= 0.6 is 0 Å². The molecule has 0 fully saturated rings. The lowest BCUT2D eigenvalue weighted by Crippen LogP contribution is -2.06. The first-order valence-corrected chi connectivity index (χ1v) is 5.22. The Morgan fingerprint density at radius 3 is 2.76 bits per heavy atom. The van der Waals surface area contributed by atoms with Crippen molar-refractivity contribution in [2.75, 3.05) is 20.3 Å². The molecule has 0 heterocycles. The average Bonchev–Trinajstić information content (AvgIpc) is 2.33. The molecule has 0 bridgehead atoms. The number of esters is 1. The molecule has 0 amide bonds. The topological polar surface area (TPSA) is 44.8 Å². The van der Waals surface area contributed by atoms with Crippen molar-refractivity contribution in [1.82, 2.24) is 0 Å². The zero-order valence-electron chi connectivity index (χ0n) is 10.1. The van der Waals surface area contributed by atoms with Crippen molar-refractivity contribution in [2.24, 2.45) is 0 Å². The van der Waals surface area contributed by atoms with Crippen LogP contribution in [0.4, 0.5) is 0 Å². The molecule has 0 N–H and O–H groups in total. The van der Waals surface area contributed by atoms with Gasteiger partial charge in [0.05, 0.1) is 18.9 Å². The van der Waals surface area contributed by atoms with Gasteiger partial charge in [0.15, 0.2) is 0 Å². The Hall–Kier alpha value is -1.97. The van der Waals surface area contributed by atoms with E-state index in [-0.39, 0.29) is 5.97 Å². The molecule has 0 saturated carbocycles. The summed E-state index contributed by atoms with van der Waals surface area (Å²) in [6.07, 6.45) is 1.36. The van der Waals surface area contributed by atoms with Gasteiger partial charge in [-0.1, -0.05) is 6.58 Å². The van der Waals surface area contributed by atoms with Gasteiger partial charge in [-0.15, -0.1) is 0 Å². The number of carbonyl (C=O) groups is 1. The quantitative estimate of drug-likeness (QED) is 0.432. The van der Waals surface area contributed by atoms with Crippen molar-refractivity contribution in [3.05, 3.63) is 42.2 Å². The maximum absolute atomic E-state index is 11.4. The minimum absolute atomic E-state index is 0.374. The molecule has 0 atom stereocenters. The second-order valence-electron chi connectivity index (χ2n) is 3.41. The third-order valence-corrected chi connectivity index (χ3v) is 2.06. The molecule has 0 aliphatic rings. The largest absolute Gasteiger partial charge is 0.498 e. The lowest BCUT2D eigenvalue weighted by atomic mass is 10.1. The van der Waals surface area contributed by atoms with Gasteiger partial charge < -0.3 is 14.2 Å². The van der Waals surface area contributed by atoms with Crippen LogP contribution in [0.1, 0.15) is 15.9 Å². The van der Waals surface area contributed by atoms with E-state index in [2.05, 4.69) is 11.3 Å². The molecule has 1 aromatic carbocycles. The predicted octanol–water partition coefficient (Wildman–Crippen LogP) is 2.32. The third kappa shape index (κ3) is 4.18. The first-order valence-electron chi connectivity index (χ1n) is 5.22. The highest BCUT2D eigenvalue weighted by atomic mass is 16.5. The molecule has 1 rings (SSSR count). The van der Waals surface area contributed by atoms with Crippen LogP contribution in [0.15, 0.2) is 31.0 Å². The van der Waals surface area contributed by atoms with Gasteiger partial charge in [0.25, 0.3) is 0 Å². The predicted molar refractivity (Wildman–Crippen MR) is 64.2 cm³/mol. The first-order chi connectivity index (χ1) is 8.17. The summed E-state index contributed by atoms with van der Waals surface area (Å²) in [5, 5.41) is 0. The fourth-order valence-corrected chi connectivity index (χ4v) is 1.36. The molecule has 0 saturated heterocycles. The highest BCUT2D eigenvalue weighted by molar-refractivity contribution is 5.90. The Morgan fingerprint density at radius 1 is 1.35 bits per heavy atom. The maximum Gasteiger partial charge on any atom is 0.337 e. The van der Waals surface area contributed by atoms with Crippen LogP contribution in [0, 0.1) is 6.92 Å². The Bertz CT molecular complexity index is 398. The summed E-state index contributed by atoms with van der Waals surface area (Å²) in [5.41, 5.74) is 1.42. The summed E-state index contributed by atoms with van der Waals surface area (Å²) in [6, 6.07) is 5.24. The van der Waals surface area contributed by atoms with Crippen molar-refractivity contribution in [1.29, 1.82) is 0 Å². The fraction of sp³-hybridized carbons (Fsp3) is 0.308. The van der Waals surface area contributed by atoms with Crippen molar-refractivity contribution in [3.63, 3.8) is 0 Å².